The molecule has 0 fully saturated rings. The van der Waals surface area contributed by atoms with Crippen LogP contribution in [0.4, 0.5) is 0 Å². The molecule has 0 aliphatic heterocycles. The van der Waals surface area contributed by atoms with Crippen molar-refractivity contribution < 1.29 is 0 Å². The summed E-state index contributed by atoms with van der Waals surface area (Å²) in [6, 6.07) is -0.443. The lowest BCUT2D eigenvalue weighted by atomic mass is 9.92. The van der Waals surface area contributed by atoms with E-state index in [1.54, 1.807) is 0 Å². The highest BCUT2D eigenvalue weighted by molar-refractivity contribution is 5.86. The molecular weight excluding hydrogens is 184 g/mol. The van der Waals surface area contributed by atoms with Crippen molar-refractivity contribution in [3.8, 4) is 0 Å². The first-order chi connectivity index (χ1) is 6.58. The summed E-state index contributed by atoms with van der Waals surface area (Å²) in [5, 5.41) is 7.48. The lowest BCUT2D eigenvalue weighted by molar-refractivity contribution is 0.677. The molecule has 5 N–H and O–H groups in total. The van der Waals surface area contributed by atoms with E-state index in [4.69, 9.17) is 11.1 Å². The molecule has 2 rings (SSSR count). The molecule has 1 atom stereocenters. The Balaban J connectivity index is 2.71. The minimum atomic E-state index is -0.544. The molecule has 0 saturated heterocycles. The van der Waals surface area contributed by atoms with Crippen molar-refractivity contribution in [2.45, 2.75) is 18.9 Å². The number of nitrogens with two attached hydrogens (primary N) is 1. The molecule has 1 heterocycles. The smallest absolute Gasteiger partial charge is 0.322 e. The second-order valence-corrected chi connectivity index (χ2v) is 3.39. The number of rotatable bonds is 0. The van der Waals surface area contributed by atoms with Crippen molar-refractivity contribution in [3.05, 3.63) is 32.1 Å². The molecule has 0 saturated carbocycles. The summed E-state index contributed by atoms with van der Waals surface area (Å²) < 4.78 is 0. The predicted octanol–water partition coefficient (Wildman–Crippen LogP) is -0.971. The number of nitrogens with one attached hydrogen (secondary N) is 3. The van der Waals surface area contributed by atoms with Gasteiger partial charge in [0.2, 0.25) is 0 Å². The van der Waals surface area contributed by atoms with E-state index in [1.165, 1.54) is 0 Å². The number of aromatic nitrogens is 2. The predicted molar refractivity (Wildman–Crippen MR) is 50.7 cm³/mol. The maximum Gasteiger partial charge on any atom is 0.325 e. The fourth-order valence-corrected chi connectivity index (χ4v) is 1.67. The number of hydrogen-bond donors (Lipinski definition) is 4. The summed E-state index contributed by atoms with van der Waals surface area (Å²) >= 11 is 0. The molecule has 14 heavy (non-hydrogen) atoms. The van der Waals surface area contributed by atoms with Crippen molar-refractivity contribution in [3.63, 3.8) is 0 Å². The second-order valence-electron chi connectivity index (χ2n) is 3.39. The van der Waals surface area contributed by atoms with E-state index >= 15 is 0 Å². The summed E-state index contributed by atoms with van der Waals surface area (Å²) in [5.41, 5.74) is 6.02. The van der Waals surface area contributed by atoms with Gasteiger partial charge in [-0.3, -0.25) is 9.78 Å². The average Bonchev–Trinajstić information content (AvgIpc) is 2.07. The van der Waals surface area contributed by atoms with Gasteiger partial charge in [-0.05, 0) is 0 Å². The van der Waals surface area contributed by atoms with Gasteiger partial charge in [-0.25, -0.2) is 4.79 Å². The minimum absolute atomic E-state index is 0.273. The van der Waals surface area contributed by atoms with Crippen LogP contribution in [-0.4, -0.2) is 15.7 Å². The summed E-state index contributed by atoms with van der Waals surface area (Å²) in [4.78, 5) is 26.9. The van der Waals surface area contributed by atoms with E-state index in [0.29, 0.717) is 23.4 Å². The molecule has 1 aliphatic carbocycles. The molecular formula is C8H10N4O2. The fraction of sp³-hybridized carbons (Fsp3) is 0.375. The van der Waals surface area contributed by atoms with E-state index in [9.17, 15) is 9.59 Å². The van der Waals surface area contributed by atoms with Crippen molar-refractivity contribution in [1.82, 2.24) is 9.97 Å². The van der Waals surface area contributed by atoms with Crippen LogP contribution in [-0.2, 0) is 6.42 Å². The maximum atomic E-state index is 11.3. The van der Waals surface area contributed by atoms with Crippen LogP contribution in [0.5, 0.6) is 0 Å². The third-order valence-electron chi connectivity index (χ3n) is 2.30. The first kappa shape index (κ1) is 8.89. The van der Waals surface area contributed by atoms with Crippen LogP contribution in [0.2, 0.25) is 0 Å². The van der Waals surface area contributed by atoms with Gasteiger partial charge in [0, 0.05) is 29.8 Å². The Bertz CT molecular complexity index is 499. The van der Waals surface area contributed by atoms with E-state index in [2.05, 4.69) is 9.97 Å². The van der Waals surface area contributed by atoms with Gasteiger partial charge in [-0.1, -0.05) is 0 Å². The Kier molecular flexibility index (Phi) is 1.85. The van der Waals surface area contributed by atoms with Gasteiger partial charge in [0.25, 0.3) is 5.56 Å². The Hall–Kier alpha value is -1.69. The molecule has 0 radical (unpaired) electrons. The standard InChI is InChI=1S/C8H10N4O2/c9-3-1-4-6(5(10)2-3)11-8(14)12-7(4)13/h5,9H,1-2,10H2,(H2,11,12,13,14). The summed E-state index contributed by atoms with van der Waals surface area (Å²) in [6.07, 6.45) is 0.668. The third-order valence-corrected chi connectivity index (χ3v) is 2.30. The van der Waals surface area contributed by atoms with Gasteiger partial charge in [-0.15, -0.1) is 0 Å². The van der Waals surface area contributed by atoms with Crippen molar-refractivity contribution >= 4 is 5.71 Å². The molecule has 74 valence electrons. The molecule has 1 aliphatic rings. The topological polar surface area (TPSA) is 116 Å². The Morgan fingerprint density at radius 3 is 2.79 bits per heavy atom. The van der Waals surface area contributed by atoms with Crippen LogP contribution in [0.3, 0.4) is 0 Å². The lowest BCUT2D eigenvalue weighted by Gasteiger charge is -2.20. The average molecular weight is 194 g/mol. The van der Waals surface area contributed by atoms with Crippen molar-refractivity contribution in [1.29, 1.82) is 5.41 Å². The molecule has 6 heteroatoms. The summed E-state index contributed by atoms with van der Waals surface area (Å²) in [5.74, 6) is 0. The van der Waals surface area contributed by atoms with E-state index < -0.39 is 17.3 Å². The summed E-state index contributed by atoms with van der Waals surface area (Å²) in [7, 11) is 0. The van der Waals surface area contributed by atoms with Crippen molar-refractivity contribution in [2.24, 2.45) is 5.73 Å². The van der Waals surface area contributed by atoms with Crippen LogP contribution in [0.15, 0.2) is 9.59 Å². The Labute approximate surface area is 78.7 Å². The maximum absolute atomic E-state index is 11.3. The lowest BCUT2D eigenvalue weighted by Crippen LogP contribution is -2.36. The van der Waals surface area contributed by atoms with E-state index in [1.807, 2.05) is 0 Å². The quantitative estimate of drug-likeness (QED) is 0.425. The zero-order valence-electron chi connectivity index (χ0n) is 7.39. The van der Waals surface area contributed by atoms with Crippen LogP contribution in [0.1, 0.15) is 23.7 Å². The highest BCUT2D eigenvalue weighted by Gasteiger charge is 2.23. The summed E-state index contributed by atoms with van der Waals surface area (Å²) in [6.45, 7) is 0. The molecule has 0 aromatic carbocycles. The number of H-pyrrole nitrogens is 2. The molecule has 1 unspecified atom stereocenters. The first-order valence-electron chi connectivity index (χ1n) is 4.25. The monoisotopic (exact) mass is 194 g/mol. The van der Waals surface area contributed by atoms with E-state index in [0.717, 1.165) is 0 Å². The van der Waals surface area contributed by atoms with Gasteiger partial charge in [-0.2, -0.15) is 0 Å². The highest BCUT2D eigenvalue weighted by atomic mass is 16.2. The molecule has 1 aromatic rings. The molecule has 0 bridgehead atoms. The van der Waals surface area contributed by atoms with Gasteiger partial charge in [0.15, 0.2) is 0 Å². The molecule has 0 amide bonds. The number of fused-ring (bicyclic) bond motifs is 1. The third kappa shape index (κ3) is 1.29. The zero-order chi connectivity index (χ0) is 10.3. The van der Waals surface area contributed by atoms with Crippen molar-refractivity contribution in [2.75, 3.05) is 0 Å². The van der Waals surface area contributed by atoms with Crippen LogP contribution < -0.4 is 17.0 Å². The molecule has 0 spiro atoms. The van der Waals surface area contributed by atoms with Crippen LogP contribution in [0, 0.1) is 5.41 Å². The minimum Gasteiger partial charge on any atom is -0.322 e. The fourth-order valence-electron chi connectivity index (χ4n) is 1.67. The SMILES string of the molecule is N=C1Cc2c([nH]c(=O)[nH]c2=O)C(N)C1. The van der Waals surface area contributed by atoms with Gasteiger partial charge in [0.05, 0.1) is 6.04 Å². The van der Waals surface area contributed by atoms with Gasteiger partial charge >= 0.3 is 5.69 Å². The Morgan fingerprint density at radius 1 is 1.36 bits per heavy atom. The number of aromatic amines is 2. The normalized spacial score (nSPS) is 20.6. The first-order valence-corrected chi connectivity index (χ1v) is 4.25. The molecule has 1 aromatic heterocycles. The largest absolute Gasteiger partial charge is 0.325 e. The van der Waals surface area contributed by atoms with Crippen LogP contribution >= 0.6 is 0 Å². The second kappa shape index (κ2) is 2.91. The van der Waals surface area contributed by atoms with Gasteiger partial charge in [0.1, 0.15) is 0 Å². The molecule has 6 nitrogen and oxygen atoms in total. The van der Waals surface area contributed by atoms with Crippen LogP contribution in [0.25, 0.3) is 0 Å². The Morgan fingerprint density at radius 2 is 2.07 bits per heavy atom. The van der Waals surface area contributed by atoms with E-state index in [-0.39, 0.29) is 6.42 Å². The highest BCUT2D eigenvalue weighted by Crippen LogP contribution is 2.20. The zero-order valence-corrected chi connectivity index (χ0v) is 7.39. The van der Waals surface area contributed by atoms with Gasteiger partial charge < -0.3 is 16.1 Å². The number of hydrogen-bond acceptors (Lipinski definition) is 4.